The van der Waals surface area contributed by atoms with Crippen LogP contribution in [0.1, 0.15) is 43.4 Å². The van der Waals surface area contributed by atoms with Crippen LogP contribution in [0.3, 0.4) is 0 Å². The van der Waals surface area contributed by atoms with Gasteiger partial charge in [0.25, 0.3) is 0 Å². The molecule has 1 aromatic carbocycles. The van der Waals surface area contributed by atoms with Crippen LogP contribution in [0.15, 0.2) is 30.6 Å². The highest BCUT2D eigenvalue weighted by atomic mass is 16.5. The first-order valence-corrected chi connectivity index (χ1v) is 7.23. The summed E-state index contributed by atoms with van der Waals surface area (Å²) in [6.45, 7) is 7.32. The van der Waals surface area contributed by atoms with Gasteiger partial charge in [0.2, 0.25) is 0 Å². The predicted octanol–water partition coefficient (Wildman–Crippen LogP) is 3.11. The summed E-state index contributed by atoms with van der Waals surface area (Å²) in [4.78, 5) is 15.8. The van der Waals surface area contributed by atoms with Gasteiger partial charge in [0.05, 0.1) is 0 Å². The molecular formula is C16H21N3O2. The van der Waals surface area contributed by atoms with E-state index in [2.05, 4.69) is 23.9 Å². The number of aromatic nitrogens is 3. The van der Waals surface area contributed by atoms with E-state index in [1.165, 1.54) is 0 Å². The number of carbonyl (C=O) groups excluding carboxylic acids is 1. The molecule has 2 aromatic rings. The fourth-order valence-corrected chi connectivity index (χ4v) is 1.99. The third kappa shape index (κ3) is 4.15. The summed E-state index contributed by atoms with van der Waals surface area (Å²) in [6.07, 6.45) is 2.06. The summed E-state index contributed by atoms with van der Waals surface area (Å²) in [7, 11) is 0. The zero-order chi connectivity index (χ0) is 15.2. The summed E-state index contributed by atoms with van der Waals surface area (Å²) in [5.41, 5.74) is 0.716. The Kier molecular flexibility index (Phi) is 5.09. The largest absolute Gasteiger partial charge is 0.486 e. The van der Waals surface area contributed by atoms with E-state index < -0.39 is 0 Å². The summed E-state index contributed by atoms with van der Waals surface area (Å²) >= 11 is 0. The molecule has 0 fully saturated rings. The Morgan fingerprint density at radius 3 is 2.62 bits per heavy atom. The average molecular weight is 287 g/mol. The molecule has 0 N–H and O–H groups in total. The highest BCUT2D eigenvalue weighted by Gasteiger charge is 2.08. The topological polar surface area (TPSA) is 57.0 Å². The molecule has 21 heavy (non-hydrogen) atoms. The first-order valence-electron chi connectivity index (χ1n) is 7.23. The highest BCUT2D eigenvalue weighted by Crippen LogP contribution is 2.15. The van der Waals surface area contributed by atoms with Gasteiger partial charge in [-0.05, 0) is 30.2 Å². The zero-order valence-electron chi connectivity index (χ0n) is 12.7. The van der Waals surface area contributed by atoms with Gasteiger partial charge in [-0.3, -0.25) is 4.79 Å². The molecule has 0 atom stereocenters. The van der Waals surface area contributed by atoms with Crippen LogP contribution >= 0.6 is 0 Å². The van der Waals surface area contributed by atoms with Gasteiger partial charge in [0.15, 0.2) is 11.6 Å². The summed E-state index contributed by atoms with van der Waals surface area (Å²) < 4.78 is 7.57. The number of nitrogens with zero attached hydrogens (tertiary/aromatic N) is 3. The lowest BCUT2D eigenvalue weighted by Crippen LogP contribution is -2.12. The van der Waals surface area contributed by atoms with Crippen molar-refractivity contribution in [3.8, 4) is 5.75 Å². The number of carbonyl (C=O) groups is 1. The molecule has 5 nitrogen and oxygen atoms in total. The number of ketones is 1. The Morgan fingerprint density at radius 1 is 1.29 bits per heavy atom. The second-order valence-corrected chi connectivity index (χ2v) is 5.34. The SMILES string of the molecule is CCC(=O)c1ccc(OCc2ncnn2CC(C)C)cc1. The molecule has 0 saturated carbocycles. The molecule has 0 aliphatic heterocycles. The maximum atomic E-state index is 11.6. The van der Waals surface area contributed by atoms with Gasteiger partial charge in [-0.1, -0.05) is 20.8 Å². The summed E-state index contributed by atoms with van der Waals surface area (Å²) in [5, 5.41) is 4.20. The van der Waals surface area contributed by atoms with E-state index in [1.54, 1.807) is 18.5 Å². The van der Waals surface area contributed by atoms with Crippen LogP contribution in [-0.4, -0.2) is 20.5 Å². The van der Waals surface area contributed by atoms with Crippen LogP contribution in [-0.2, 0) is 13.2 Å². The summed E-state index contributed by atoms with van der Waals surface area (Å²) in [5.74, 6) is 2.17. The summed E-state index contributed by atoms with van der Waals surface area (Å²) in [6, 6.07) is 7.21. The Morgan fingerprint density at radius 2 is 2.00 bits per heavy atom. The highest BCUT2D eigenvalue weighted by molar-refractivity contribution is 5.95. The third-order valence-corrected chi connectivity index (χ3v) is 3.10. The van der Waals surface area contributed by atoms with Gasteiger partial charge in [-0.2, -0.15) is 5.10 Å². The van der Waals surface area contributed by atoms with Crippen molar-refractivity contribution in [2.75, 3.05) is 0 Å². The minimum absolute atomic E-state index is 0.137. The number of ether oxygens (including phenoxy) is 1. The van der Waals surface area contributed by atoms with Crippen LogP contribution in [0.4, 0.5) is 0 Å². The van der Waals surface area contributed by atoms with E-state index in [4.69, 9.17) is 4.74 Å². The fourth-order valence-electron chi connectivity index (χ4n) is 1.99. The molecule has 0 amide bonds. The smallest absolute Gasteiger partial charge is 0.164 e. The van der Waals surface area contributed by atoms with Crippen LogP contribution < -0.4 is 4.74 Å². The molecule has 0 aliphatic carbocycles. The van der Waals surface area contributed by atoms with Crippen LogP contribution in [0.5, 0.6) is 5.75 Å². The molecule has 0 saturated heterocycles. The van der Waals surface area contributed by atoms with Crippen molar-refractivity contribution in [1.29, 1.82) is 0 Å². The molecule has 5 heteroatoms. The number of Topliss-reactive ketones (excluding diaryl/α,β-unsaturated/α-hetero) is 1. The Labute approximate surface area is 125 Å². The van der Waals surface area contributed by atoms with Crippen LogP contribution in [0.2, 0.25) is 0 Å². The van der Waals surface area contributed by atoms with Gasteiger partial charge in [0, 0.05) is 18.5 Å². The van der Waals surface area contributed by atoms with Gasteiger partial charge in [-0.25, -0.2) is 9.67 Å². The molecule has 0 spiro atoms. The van der Waals surface area contributed by atoms with E-state index >= 15 is 0 Å². The Bertz CT molecular complexity index is 588. The van der Waals surface area contributed by atoms with E-state index in [9.17, 15) is 4.79 Å². The molecule has 0 unspecified atom stereocenters. The van der Waals surface area contributed by atoms with Gasteiger partial charge in [-0.15, -0.1) is 0 Å². The van der Waals surface area contributed by atoms with Gasteiger partial charge >= 0.3 is 0 Å². The second-order valence-electron chi connectivity index (χ2n) is 5.34. The fraction of sp³-hybridized carbons (Fsp3) is 0.438. The maximum absolute atomic E-state index is 11.6. The minimum atomic E-state index is 0.137. The molecule has 1 aromatic heterocycles. The van der Waals surface area contributed by atoms with Crippen molar-refractivity contribution in [3.63, 3.8) is 0 Å². The molecular weight excluding hydrogens is 266 g/mol. The Hall–Kier alpha value is -2.17. The van der Waals surface area contributed by atoms with Crippen LogP contribution in [0.25, 0.3) is 0 Å². The lowest BCUT2D eigenvalue weighted by molar-refractivity contribution is 0.0988. The van der Waals surface area contributed by atoms with E-state index in [-0.39, 0.29) is 5.78 Å². The lowest BCUT2D eigenvalue weighted by atomic mass is 10.1. The van der Waals surface area contributed by atoms with E-state index in [0.717, 1.165) is 18.1 Å². The van der Waals surface area contributed by atoms with E-state index in [1.807, 2.05) is 23.7 Å². The van der Waals surface area contributed by atoms with Crippen molar-refractivity contribution >= 4 is 5.78 Å². The normalized spacial score (nSPS) is 10.9. The molecule has 1 heterocycles. The van der Waals surface area contributed by atoms with Crippen molar-refractivity contribution in [2.45, 2.75) is 40.3 Å². The van der Waals surface area contributed by atoms with Gasteiger partial charge in [0.1, 0.15) is 18.7 Å². The first-order chi connectivity index (χ1) is 10.1. The number of hydrogen-bond acceptors (Lipinski definition) is 4. The molecule has 112 valence electrons. The quantitative estimate of drug-likeness (QED) is 0.734. The molecule has 0 bridgehead atoms. The average Bonchev–Trinajstić information content (AvgIpc) is 2.91. The lowest BCUT2D eigenvalue weighted by Gasteiger charge is -2.10. The van der Waals surface area contributed by atoms with E-state index in [0.29, 0.717) is 24.5 Å². The number of hydrogen-bond donors (Lipinski definition) is 0. The monoisotopic (exact) mass is 287 g/mol. The minimum Gasteiger partial charge on any atom is -0.486 e. The third-order valence-electron chi connectivity index (χ3n) is 3.10. The number of rotatable bonds is 7. The first kappa shape index (κ1) is 15.2. The zero-order valence-corrected chi connectivity index (χ0v) is 12.7. The van der Waals surface area contributed by atoms with Crippen molar-refractivity contribution in [2.24, 2.45) is 5.92 Å². The number of benzene rings is 1. The predicted molar refractivity (Wildman–Crippen MR) is 80.3 cm³/mol. The molecule has 0 aliphatic rings. The van der Waals surface area contributed by atoms with Crippen LogP contribution in [0, 0.1) is 5.92 Å². The Balaban J connectivity index is 1.97. The van der Waals surface area contributed by atoms with Crippen molar-refractivity contribution < 1.29 is 9.53 Å². The molecule has 2 rings (SSSR count). The van der Waals surface area contributed by atoms with Gasteiger partial charge < -0.3 is 4.74 Å². The molecule has 0 radical (unpaired) electrons. The maximum Gasteiger partial charge on any atom is 0.164 e. The van der Waals surface area contributed by atoms with Crippen molar-refractivity contribution in [1.82, 2.24) is 14.8 Å². The second kappa shape index (κ2) is 7.02. The standard InChI is InChI=1S/C16H21N3O2/c1-4-15(20)13-5-7-14(8-6-13)21-10-16-17-11-18-19(16)9-12(2)3/h5-8,11-12H,4,9-10H2,1-3H3. The van der Waals surface area contributed by atoms with Crippen molar-refractivity contribution in [3.05, 3.63) is 42.0 Å².